The molecule has 0 atom stereocenters. The van der Waals surface area contributed by atoms with Crippen LogP contribution >= 0.6 is 11.6 Å². The van der Waals surface area contributed by atoms with Crippen molar-refractivity contribution in [3.8, 4) is 5.82 Å². The zero-order valence-corrected chi connectivity index (χ0v) is 12.6. The van der Waals surface area contributed by atoms with Crippen molar-refractivity contribution in [2.45, 2.75) is 19.8 Å². The lowest BCUT2D eigenvalue weighted by Gasteiger charge is -2.08. The van der Waals surface area contributed by atoms with Crippen LogP contribution in [-0.4, -0.2) is 44.7 Å². The van der Waals surface area contributed by atoms with Gasteiger partial charge in [0.15, 0.2) is 11.5 Å². The van der Waals surface area contributed by atoms with Crippen molar-refractivity contribution in [2.24, 2.45) is 0 Å². The number of amides is 1. The summed E-state index contributed by atoms with van der Waals surface area (Å²) >= 11 is 6.00. The van der Waals surface area contributed by atoms with Gasteiger partial charge in [0.05, 0.1) is 0 Å². The normalized spacial score (nSPS) is 10.9. The van der Waals surface area contributed by atoms with Gasteiger partial charge in [0.2, 0.25) is 0 Å². The van der Waals surface area contributed by atoms with Gasteiger partial charge in [0.25, 0.3) is 5.91 Å². The highest BCUT2D eigenvalue weighted by Crippen LogP contribution is 2.16. The van der Waals surface area contributed by atoms with E-state index in [1.54, 1.807) is 32.4 Å². The largest absolute Gasteiger partial charge is 0.343 e. The monoisotopic (exact) mass is 293 g/mol. The standard InChI is InChI=1S/C13H16ClN5O/c1-8(2)12-15-10(14)7-11(16-12)19-6-5-9(17-19)13(20)18(3)4/h5-8H,1-4H3. The molecule has 2 rings (SSSR count). The smallest absolute Gasteiger partial charge is 0.273 e. The van der Waals surface area contributed by atoms with E-state index < -0.39 is 0 Å². The van der Waals surface area contributed by atoms with Gasteiger partial charge in [0, 0.05) is 32.3 Å². The fraction of sp³-hybridized carbons (Fsp3) is 0.385. The van der Waals surface area contributed by atoms with Gasteiger partial charge in [-0.05, 0) is 6.07 Å². The van der Waals surface area contributed by atoms with Gasteiger partial charge in [-0.15, -0.1) is 0 Å². The van der Waals surface area contributed by atoms with Crippen molar-refractivity contribution in [1.82, 2.24) is 24.6 Å². The number of halogens is 1. The van der Waals surface area contributed by atoms with Gasteiger partial charge in [-0.1, -0.05) is 25.4 Å². The molecule has 0 spiro atoms. The molecule has 7 heteroatoms. The number of carbonyl (C=O) groups is 1. The van der Waals surface area contributed by atoms with Crippen molar-refractivity contribution in [2.75, 3.05) is 14.1 Å². The van der Waals surface area contributed by atoms with E-state index in [0.717, 1.165) is 0 Å². The van der Waals surface area contributed by atoms with Crippen LogP contribution in [0.5, 0.6) is 0 Å². The molecular formula is C13H16ClN5O. The Morgan fingerprint density at radius 2 is 2.05 bits per heavy atom. The zero-order chi connectivity index (χ0) is 14.9. The summed E-state index contributed by atoms with van der Waals surface area (Å²) in [6.45, 7) is 3.97. The molecule has 0 aliphatic rings. The number of hydrogen-bond acceptors (Lipinski definition) is 4. The molecule has 2 aromatic heterocycles. The topological polar surface area (TPSA) is 63.9 Å². The Morgan fingerprint density at radius 3 is 2.65 bits per heavy atom. The van der Waals surface area contributed by atoms with Gasteiger partial charge in [-0.3, -0.25) is 4.79 Å². The second-order valence-corrected chi connectivity index (χ2v) is 5.29. The Labute approximate surface area is 122 Å². The molecule has 0 aliphatic heterocycles. The Morgan fingerprint density at radius 1 is 1.35 bits per heavy atom. The number of hydrogen-bond donors (Lipinski definition) is 0. The fourth-order valence-corrected chi connectivity index (χ4v) is 1.78. The SMILES string of the molecule is CC(C)c1nc(Cl)cc(-n2ccc(C(=O)N(C)C)n2)n1. The van der Waals surface area contributed by atoms with E-state index in [1.165, 1.54) is 9.58 Å². The van der Waals surface area contributed by atoms with E-state index in [4.69, 9.17) is 11.6 Å². The highest BCUT2D eigenvalue weighted by molar-refractivity contribution is 6.29. The van der Waals surface area contributed by atoms with Gasteiger partial charge >= 0.3 is 0 Å². The first kappa shape index (κ1) is 14.5. The van der Waals surface area contributed by atoms with Gasteiger partial charge in [-0.25, -0.2) is 14.6 Å². The summed E-state index contributed by atoms with van der Waals surface area (Å²) in [5, 5.41) is 4.58. The summed E-state index contributed by atoms with van der Waals surface area (Å²) < 4.78 is 1.52. The second-order valence-electron chi connectivity index (χ2n) is 4.91. The minimum atomic E-state index is -0.159. The van der Waals surface area contributed by atoms with E-state index in [9.17, 15) is 4.79 Å². The Kier molecular flexibility index (Phi) is 4.04. The molecule has 0 saturated carbocycles. The first-order valence-electron chi connectivity index (χ1n) is 6.20. The van der Waals surface area contributed by atoms with Crippen LogP contribution < -0.4 is 0 Å². The van der Waals surface area contributed by atoms with Crippen LogP contribution in [0.2, 0.25) is 5.15 Å². The van der Waals surface area contributed by atoms with Crippen LogP contribution in [0.1, 0.15) is 36.1 Å². The Hall–Kier alpha value is -1.95. The first-order valence-corrected chi connectivity index (χ1v) is 6.58. The predicted octanol–water partition coefficient (Wildman–Crippen LogP) is 2.14. The molecule has 0 fully saturated rings. The van der Waals surface area contributed by atoms with Crippen LogP contribution in [0, 0.1) is 0 Å². The summed E-state index contributed by atoms with van der Waals surface area (Å²) in [7, 11) is 3.36. The lowest BCUT2D eigenvalue weighted by molar-refractivity contribution is 0.0821. The van der Waals surface area contributed by atoms with Crippen LogP contribution in [-0.2, 0) is 0 Å². The molecule has 106 valence electrons. The lowest BCUT2D eigenvalue weighted by Crippen LogP contribution is -2.22. The molecule has 20 heavy (non-hydrogen) atoms. The minimum Gasteiger partial charge on any atom is -0.343 e. The van der Waals surface area contributed by atoms with E-state index in [0.29, 0.717) is 22.5 Å². The van der Waals surface area contributed by atoms with Crippen LogP contribution in [0.15, 0.2) is 18.3 Å². The Bertz CT molecular complexity index is 635. The summed E-state index contributed by atoms with van der Waals surface area (Å²) in [6, 6.07) is 3.26. The molecule has 0 saturated heterocycles. The highest BCUT2D eigenvalue weighted by Gasteiger charge is 2.14. The number of rotatable bonds is 3. The molecule has 2 aromatic rings. The molecule has 0 aromatic carbocycles. The molecule has 2 heterocycles. The lowest BCUT2D eigenvalue weighted by atomic mass is 10.2. The highest BCUT2D eigenvalue weighted by atomic mass is 35.5. The number of aromatic nitrogens is 4. The third-order valence-corrected chi connectivity index (χ3v) is 2.86. The molecule has 1 amide bonds. The van der Waals surface area contributed by atoms with Gasteiger partial charge in [0.1, 0.15) is 11.0 Å². The zero-order valence-electron chi connectivity index (χ0n) is 11.8. The maximum absolute atomic E-state index is 11.8. The van der Waals surface area contributed by atoms with Crippen LogP contribution in [0.25, 0.3) is 5.82 Å². The molecule has 0 unspecified atom stereocenters. The van der Waals surface area contributed by atoms with Crippen molar-refractivity contribution in [3.63, 3.8) is 0 Å². The molecular weight excluding hydrogens is 278 g/mol. The van der Waals surface area contributed by atoms with Gasteiger partial charge < -0.3 is 4.90 Å². The van der Waals surface area contributed by atoms with Gasteiger partial charge in [-0.2, -0.15) is 5.10 Å². The third kappa shape index (κ3) is 2.96. The second kappa shape index (κ2) is 5.58. The van der Waals surface area contributed by atoms with Crippen molar-refractivity contribution >= 4 is 17.5 Å². The maximum Gasteiger partial charge on any atom is 0.273 e. The number of nitrogens with zero attached hydrogens (tertiary/aromatic N) is 5. The van der Waals surface area contributed by atoms with Crippen molar-refractivity contribution in [3.05, 3.63) is 35.0 Å². The van der Waals surface area contributed by atoms with Crippen molar-refractivity contribution in [1.29, 1.82) is 0 Å². The van der Waals surface area contributed by atoms with E-state index in [1.807, 2.05) is 13.8 Å². The Balaban J connectivity index is 2.40. The van der Waals surface area contributed by atoms with E-state index in [-0.39, 0.29) is 11.8 Å². The van der Waals surface area contributed by atoms with Crippen LogP contribution in [0.3, 0.4) is 0 Å². The average Bonchev–Trinajstić information content (AvgIpc) is 2.86. The fourth-order valence-electron chi connectivity index (χ4n) is 1.59. The summed E-state index contributed by atoms with van der Waals surface area (Å²) in [4.78, 5) is 21.9. The number of carbonyl (C=O) groups excluding carboxylic acids is 1. The summed E-state index contributed by atoms with van der Waals surface area (Å²) in [5.74, 6) is 1.19. The van der Waals surface area contributed by atoms with E-state index in [2.05, 4.69) is 15.1 Å². The first-order chi connectivity index (χ1) is 9.38. The molecule has 6 nitrogen and oxygen atoms in total. The third-order valence-electron chi connectivity index (χ3n) is 2.66. The minimum absolute atomic E-state index is 0.158. The molecule has 0 radical (unpaired) electrons. The van der Waals surface area contributed by atoms with E-state index >= 15 is 0 Å². The summed E-state index contributed by atoms with van der Waals surface area (Å²) in [6.07, 6.45) is 1.68. The van der Waals surface area contributed by atoms with Crippen LogP contribution in [0.4, 0.5) is 0 Å². The van der Waals surface area contributed by atoms with Crippen molar-refractivity contribution < 1.29 is 4.79 Å². The summed E-state index contributed by atoms with van der Waals surface area (Å²) in [5.41, 5.74) is 0.357. The predicted molar refractivity (Wildman–Crippen MR) is 76.3 cm³/mol. The molecule has 0 bridgehead atoms. The maximum atomic E-state index is 11.8. The average molecular weight is 294 g/mol. The quantitative estimate of drug-likeness (QED) is 0.813. The molecule has 0 aliphatic carbocycles. The molecule has 0 N–H and O–H groups in total.